The fourth-order valence-electron chi connectivity index (χ4n) is 2.67. The number of hydrogen-bond donors (Lipinski definition) is 1. The number of thioether (sulfide) groups is 1. The molecular formula is C17H36N4S. The van der Waals surface area contributed by atoms with Gasteiger partial charge in [0.15, 0.2) is 5.17 Å². The molecule has 0 aliphatic carbocycles. The Labute approximate surface area is 142 Å². The maximum Gasteiger partial charge on any atom is 0.165 e. The normalized spacial score (nSPS) is 17.5. The van der Waals surface area contributed by atoms with E-state index in [0.29, 0.717) is 0 Å². The lowest BCUT2D eigenvalue weighted by atomic mass is 10.1. The zero-order valence-corrected chi connectivity index (χ0v) is 16.3. The van der Waals surface area contributed by atoms with E-state index >= 15 is 0 Å². The Hall–Kier alpha value is -0.680. The fourth-order valence-corrected chi connectivity index (χ4v) is 3.39. The molecule has 22 heavy (non-hydrogen) atoms. The molecule has 0 radical (unpaired) electrons. The van der Waals surface area contributed by atoms with Gasteiger partial charge in [0.1, 0.15) is 0 Å². The highest BCUT2D eigenvalue weighted by molar-refractivity contribution is 8.17. The van der Waals surface area contributed by atoms with E-state index < -0.39 is 0 Å². The van der Waals surface area contributed by atoms with Gasteiger partial charge in [-0.05, 0) is 24.6 Å². The summed E-state index contributed by atoms with van der Waals surface area (Å²) in [5, 5.41) is 5.10. The Kier molecular flexibility index (Phi) is 12.4. The van der Waals surface area contributed by atoms with Crippen LogP contribution in [0.15, 0.2) is 16.6 Å². The third kappa shape index (κ3) is 7.05. The number of amidine groups is 1. The smallest absolute Gasteiger partial charge is 0.165 e. The second kappa shape index (κ2) is 12.8. The summed E-state index contributed by atoms with van der Waals surface area (Å²) < 4.78 is 0. The minimum atomic E-state index is 0.754. The van der Waals surface area contributed by atoms with Gasteiger partial charge < -0.3 is 10.2 Å². The molecule has 0 aromatic heterocycles. The van der Waals surface area contributed by atoms with Crippen molar-refractivity contribution in [3.05, 3.63) is 11.6 Å². The predicted octanol–water partition coefficient (Wildman–Crippen LogP) is 3.62. The zero-order valence-electron chi connectivity index (χ0n) is 15.5. The van der Waals surface area contributed by atoms with E-state index in [2.05, 4.69) is 40.5 Å². The van der Waals surface area contributed by atoms with Gasteiger partial charge in [-0.2, -0.15) is 0 Å². The van der Waals surface area contributed by atoms with Crippen molar-refractivity contribution in [2.24, 2.45) is 4.99 Å². The number of rotatable bonds is 6. The van der Waals surface area contributed by atoms with Crippen LogP contribution >= 0.6 is 11.8 Å². The Morgan fingerprint density at radius 2 is 1.82 bits per heavy atom. The molecule has 1 saturated heterocycles. The van der Waals surface area contributed by atoms with E-state index in [-0.39, 0.29) is 0 Å². The van der Waals surface area contributed by atoms with Crippen molar-refractivity contribution in [3.8, 4) is 0 Å². The molecule has 0 saturated carbocycles. The van der Waals surface area contributed by atoms with E-state index in [1.165, 1.54) is 19.3 Å². The lowest BCUT2D eigenvalue weighted by molar-refractivity contribution is 0.124. The van der Waals surface area contributed by atoms with Crippen LogP contribution in [0.25, 0.3) is 0 Å². The zero-order chi connectivity index (χ0) is 17.0. The molecule has 1 aliphatic heterocycles. The Morgan fingerprint density at radius 3 is 2.23 bits per heavy atom. The Balaban J connectivity index is 0.00000211. The summed E-state index contributed by atoms with van der Waals surface area (Å²) in [6.45, 7) is 17.0. The third-order valence-corrected chi connectivity index (χ3v) is 4.95. The second-order valence-electron chi connectivity index (χ2n) is 5.16. The molecule has 1 unspecified atom stereocenters. The van der Waals surface area contributed by atoms with Gasteiger partial charge in [0.25, 0.3) is 0 Å². The second-order valence-corrected chi connectivity index (χ2v) is 6.22. The van der Waals surface area contributed by atoms with Gasteiger partial charge in [0.2, 0.25) is 0 Å². The molecule has 1 rings (SSSR count). The molecule has 1 aliphatic rings. The minimum absolute atomic E-state index is 0.754. The molecule has 0 bridgehead atoms. The molecular weight excluding hydrogens is 292 g/mol. The van der Waals surface area contributed by atoms with Crippen molar-refractivity contribution >= 4 is 16.9 Å². The third-order valence-electron chi connectivity index (χ3n) is 3.88. The Bertz CT molecular complexity index is 323. The molecule has 130 valence electrons. The van der Waals surface area contributed by atoms with Crippen LogP contribution in [0.3, 0.4) is 0 Å². The summed E-state index contributed by atoms with van der Waals surface area (Å²) in [5.74, 6) is 0. The first-order valence-corrected chi connectivity index (χ1v) is 9.48. The molecule has 0 amide bonds. The highest BCUT2D eigenvalue weighted by atomic mass is 32.2. The lowest BCUT2D eigenvalue weighted by Crippen LogP contribution is -2.51. The minimum Gasteiger partial charge on any atom is -0.383 e. The molecule has 1 fully saturated rings. The van der Waals surface area contributed by atoms with E-state index in [4.69, 9.17) is 0 Å². The largest absolute Gasteiger partial charge is 0.383 e. The molecule has 5 heteroatoms. The van der Waals surface area contributed by atoms with Crippen molar-refractivity contribution < 1.29 is 0 Å². The van der Waals surface area contributed by atoms with Gasteiger partial charge >= 0.3 is 0 Å². The summed E-state index contributed by atoms with van der Waals surface area (Å²) in [5.41, 5.74) is 0. The van der Waals surface area contributed by atoms with Crippen LogP contribution in [0.5, 0.6) is 0 Å². The van der Waals surface area contributed by atoms with Crippen LogP contribution in [-0.2, 0) is 0 Å². The van der Waals surface area contributed by atoms with Crippen LogP contribution in [0.1, 0.15) is 47.0 Å². The molecule has 0 aromatic carbocycles. The lowest BCUT2D eigenvalue weighted by Gasteiger charge is -2.40. The van der Waals surface area contributed by atoms with Crippen LogP contribution in [0.4, 0.5) is 0 Å². The van der Waals surface area contributed by atoms with E-state index in [0.717, 1.165) is 42.4 Å². The van der Waals surface area contributed by atoms with Crippen molar-refractivity contribution in [2.45, 2.75) is 53.0 Å². The number of piperazine rings is 1. The topological polar surface area (TPSA) is 30.9 Å². The maximum atomic E-state index is 4.41. The molecule has 0 aromatic rings. The van der Waals surface area contributed by atoms with Crippen molar-refractivity contribution in [2.75, 3.05) is 40.3 Å². The highest BCUT2D eigenvalue weighted by Crippen LogP contribution is 2.19. The fraction of sp³-hybridized carbons (Fsp3) is 0.824. The first-order valence-electron chi connectivity index (χ1n) is 8.66. The van der Waals surface area contributed by atoms with Gasteiger partial charge in [-0.3, -0.25) is 9.89 Å². The van der Waals surface area contributed by atoms with Crippen molar-refractivity contribution in [1.82, 2.24) is 15.1 Å². The van der Waals surface area contributed by atoms with Crippen LogP contribution in [0.2, 0.25) is 0 Å². The Morgan fingerprint density at radius 1 is 1.23 bits per heavy atom. The number of nitrogens with zero attached hydrogens (tertiary/aromatic N) is 3. The number of nitrogens with one attached hydrogen (secondary N) is 1. The summed E-state index contributed by atoms with van der Waals surface area (Å²) in [7, 11) is 3.76. The first kappa shape index (κ1) is 21.3. The SMILES string of the molecule is C=C(NC)SC(=NC)N1CCN(C(CC)CCC)CC1.CC. The van der Waals surface area contributed by atoms with E-state index in [1.54, 1.807) is 11.8 Å². The predicted molar refractivity (Wildman–Crippen MR) is 103 cm³/mol. The highest BCUT2D eigenvalue weighted by Gasteiger charge is 2.24. The van der Waals surface area contributed by atoms with Crippen LogP contribution in [0, 0.1) is 0 Å². The monoisotopic (exact) mass is 328 g/mol. The quantitative estimate of drug-likeness (QED) is 0.596. The van der Waals surface area contributed by atoms with Gasteiger partial charge in [-0.15, -0.1) is 0 Å². The average Bonchev–Trinajstić information content (AvgIpc) is 2.59. The summed E-state index contributed by atoms with van der Waals surface area (Å²) >= 11 is 1.63. The molecule has 1 atom stereocenters. The first-order chi connectivity index (χ1) is 10.7. The summed E-state index contributed by atoms with van der Waals surface area (Å²) in [4.78, 5) is 9.43. The van der Waals surface area contributed by atoms with Gasteiger partial charge in [-0.1, -0.05) is 40.7 Å². The van der Waals surface area contributed by atoms with Crippen LogP contribution in [-0.4, -0.2) is 61.3 Å². The van der Waals surface area contributed by atoms with E-state index in [1.807, 2.05) is 27.9 Å². The number of aliphatic imine (C=N–C) groups is 1. The van der Waals surface area contributed by atoms with Crippen molar-refractivity contribution in [1.29, 1.82) is 0 Å². The summed E-state index contributed by atoms with van der Waals surface area (Å²) in [6, 6.07) is 0.754. The molecule has 1 heterocycles. The average molecular weight is 329 g/mol. The molecule has 0 spiro atoms. The van der Waals surface area contributed by atoms with Gasteiger partial charge in [0.05, 0.1) is 5.03 Å². The summed E-state index contributed by atoms with van der Waals surface area (Å²) in [6.07, 6.45) is 3.85. The van der Waals surface area contributed by atoms with E-state index in [9.17, 15) is 0 Å². The number of hydrogen-bond acceptors (Lipinski definition) is 4. The van der Waals surface area contributed by atoms with Crippen LogP contribution < -0.4 is 5.32 Å². The van der Waals surface area contributed by atoms with Gasteiger partial charge in [0, 0.05) is 46.3 Å². The standard InChI is InChI=1S/C15H30N4S.C2H6/c1-6-8-14(7-2)18-9-11-19(12-10-18)15(17-5)20-13(3)16-4;1-2/h14,16H,3,6-12H2,1-2,4-5H3;1-2H3. The molecule has 4 nitrogen and oxygen atoms in total. The maximum absolute atomic E-state index is 4.41. The molecule has 1 N–H and O–H groups in total. The van der Waals surface area contributed by atoms with Gasteiger partial charge in [-0.25, -0.2) is 0 Å². The van der Waals surface area contributed by atoms with Crippen molar-refractivity contribution in [3.63, 3.8) is 0 Å².